The van der Waals surface area contributed by atoms with E-state index in [4.69, 9.17) is 16.3 Å². The van der Waals surface area contributed by atoms with Crippen LogP contribution in [0.25, 0.3) is 0 Å². The minimum Gasteiger partial charge on any atom is -0.481 e. The van der Waals surface area contributed by atoms with Crippen LogP contribution in [-0.4, -0.2) is 21.8 Å². The van der Waals surface area contributed by atoms with Crippen LogP contribution >= 0.6 is 11.6 Å². The second-order valence-electron chi connectivity index (χ2n) is 5.67. The van der Waals surface area contributed by atoms with Crippen molar-refractivity contribution >= 4 is 23.3 Å². The molecule has 1 atom stereocenters. The fourth-order valence-corrected chi connectivity index (χ4v) is 2.55. The molecule has 1 heterocycles. The van der Waals surface area contributed by atoms with Gasteiger partial charge in [-0.15, -0.1) is 0 Å². The molecule has 0 saturated heterocycles. The number of nitrogens with zero attached hydrogens (tertiary/aromatic N) is 2. The molecule has 0 fully saturated rings. The van der Waals surface area contributed by atoms with Crippen molar-refractivity contribution in [3.63, 3.8) is 0 Å². The predicted molar refractivity (Wildman–Crippen MR) is 97.9 cm³/mol. The molecule has 0 spiro atoms. The molecule has 0 radical (unpaired) electrons. The van der Waals surface area contributed by atoms with Crippen LogP contribution in [-0.2, 0) is 11.3 Å². The Morgan fingerprint density at radius 1 is 1.23 bits per heavy atom. The smallest absolute Gasteiger partial charge is 0.266 e. The van der Waals surface area contributed by atoms with Gasteiger partial charge in [0.25, 0.3) is 5.91 Å². The van der Waals surface area contributed by atoms with Crippen molar-refractivity contribution in [2.24, 2.45) is 0 Å². The van der Waals surface area contributed by atoms with Gasteiger partial charge in [-0.2, -0.15) is 5.10 Å². The van der Waals surface area contributed by atoms with Crippen molar-refractivity contribution in [3.05, 3.63) is 77.2 Å². The number of carbonyl (C=O) groups excluding carboxylic acids is 1. The van der Waals surface area contributed by atoms with Gasteiger partial charge in [-0.05, 0) is 42.8 Å². The van der Waals surface area contributed by atoms with Crippen LogP contribution in [0.2, 0.25) is 5.02 Å². The Morgan fingerprint density at radius 3 is 2.69 bits per heavy atom. The molecule has 3 rings (SSSR count). The van der Waals surface area contributed by atoms with Crippen molar-refractivity contribution in [1.29, 1.82) is 0 Å². The van der Waals surface area contributed by atoms with Crippen molar-refractivity contribution in [2.45, 2.75) is 19.6 Å². The molecule has 1 N–H and O–H groups in total. The van der Waals surface area contributed by atoms with Crippen molar-refractivity contribution in [2.75, 3.05) is 5.32 Å². The van der Waals surface area contributed by atoms with E-state index in [1.165, 1.54) is 24.3 Å². The molecule has 3 aromatic rings. The highest BCUT2D eigenvalue weighted by Gasteiger charge is 2.17. The first-order valence-corrected chi connectivity index (χ1v) is 8.39. The summed E-state index contributed by atoms with van der Waals surface area (Å²) < 4.78 is 20.1. The highest BCUT2D eigenvalue weighted by Crippen LogP contribution is 2.19. The van der Waals surface area contributed by atoms with Crippen LogP contribution in [0.1, 0.15) is 12.5 Å². The number of hydrogen-bond acceptors (Lipinski definition) is 3. The first-order valence-electron chi connectivity index (χ1n) is 8.01. The minimum atomic E-state index is -0.760. The maximum absolute atomic E-state index is 12.9. The third kappa shape index (κ3) is 4.40. The molecule has 2 aromatic carbocycles. The summed E-state index contributed by atoms with van der Waals surface area (Å²) in [6.45, 7) is 2.04. The van der Waals surface area contributed by atoms with Gasteiger partial charge < -0.3 is 10.1 Å². The van der Waals surface area contributed by atoms with E-state index in [0.717, 1.165) is 5.56 Å². The van der Waals surface area contributed by atoms with Gasteiger partial charge in [0.05, 0.1) is 12.7 Å². The van der Waals surface area contributed by atoms with Crippen LogP contribution in [0.4, 0.5) is 10.2 Å². The maximum Gasteiger partial charge on any atom is 0.266 e. The monoisotopic (exact) mass is 373 g/mol. The molecule has 7 heteroatoms. The van der Waals surface area contributed by atoms with Gasteiger partial charge in [0.2, 0.25) is 0 Å². The average Bonchev–Trinajstić information content (AvgIpc) is 3.05. The lowest BCUT2D eigenvalue weighted by Gasteiger charge is -2.15. The van der Waals surface area contributed by atoms with Crippen molar-refractivity contribution in [1.82, 2.24) is 9.78 Å². The molecule has 0 aliphatic rings. The molecular weight excluding hydrogens is 357 g/mol. The summed E-state index contributed by atoms with van der Waals surface area (Å²) in [5.41, 5.74) is 0.893. The molecule has 0 aliphatic heterocycles. The van der Waals surface area contributed by atoms with Crippen molar-refractivity contribution in [3.8, 4) is 5.75 Å². The van der Waals surface area contributed by atoms with E-state index >= 15 is 0 Å². The number of ether oxygens (including phenoxy) is 1. The molecule has 1 aromatic heterocycles. The van der Waals surface area contributed by atoms with Crippen LogP contribution in [0.3, 0.4) is 0 Å². The molecular formula is C19H17ClFN3O2. The van der Waals surface area contributed by atoms with Crippen LogP contribution < -0.4 is 10.1 Å². The van der Waals surface area contributed by atoms with Crippen LogP contribution in [0.15, 0.2) is 60.8 Å². The fraction of sp³-hybridized carbons (Fsp3) is 0.158. The van der Waals surface area contributed by atoms with Gasteiger partial charge in [-0.3, -0.25) is 4.79 Å². The normalized spacial score (nSPS) is 11.8. The number of halogens is 2. The number of aromatic nitrogens is 2. The quantitative estimate of drug-likeness (QED) is 0.706. The van der Waals surface area contributed by atoms with E-state index in [2.05, 4.69) is 10.4 Å². The van der Waals surface area contributed by atoms with Crippen LogP contribution in [0.5, 0.6) is 5.75 Å². The predicted octanol–water partition coefficient (Wildman–Crippen LogP) is 4.13. The molecule has 0 bridgehead atoms. The van der Waals surface area contributed by atoms with Gasteiger partial charge in [-0.1, -0.05) is 29.8 Å². The Labute approximate surface area is 155 Å². The summed E-state index contributed by atoms with van der Waals surface area (Å²) >= 11 is 6.18. The number of anilines is 1. The number of carbonyl (C=O) groups is 1. The third-order valence-electron chi connectivity index (χ3n) is 3.74. The number of nitrogens with one attached hydrogen (secondary N) is 1. The van der Waals surface area contributed by atoms with E-state index in [1.807, 2.05) is 18.2 Å². The molecule has 1 amide bonds. The highest BCUT2D eigenvalue weighted by molar-refractivity contribution is 6.31. The van der Waals surface area contributed by atoms with E-state index in [1.54, 1.807) is 29.9 Å². The summed E-state index contributed by atoms with van der Waals surface area (Å²) in [6, 6.07) is 14.6. The standard InChI is InChI=1S/C19H17ClFN3O2/c1-13(26-16-8-6-15(21)7-9-16)19(25)23-18-10-11-22-24(18)12-14-4-2-3-5-17(14)20/h2-11,13H,12H2,1H3,(H,23,25). The molecule has 26 heavy (non-hydrogen) atoms. The summed E-state index contributed by atoms with van der Waals surface area (Å²) in [5.74, 6) is 0.247. The maximum atomic E-state index is 12.9. The van der Waals surface area contributed by atoms with Crippen molar-refractivity contribution < 1.29 is 13.9 Å². The highest BCUT2D eigenvalue weighted by atomic mass is 35.5. The largest absolute Gasteiger partial charge is 0.481 e. The first kappa shape index (κ1) is 17.9. The van der Waals surface area contributed by atoms with Gasteiger partial charge in [0.1, 0.15) is 17.4 Å². The SMILES string of the molecule is CC(Oc1ccc(F)cc1)C(=O)Nc1ccnn1Cc1ccccc1Cl. The Morgan fingerprint density at radius 2 is 1.96 bits per heavy atom. The topological polar surface area (TPSA) is 56.1 Å². The summed E-state index contributed by atoms with van der Waals surface area (Å²) in [7, 11) is 0. The Kier molecular flexibility index (Phi) is 5.53. The molecule has 1 unspecified atom stereocenters. The molecule has 134 valence electrons. The second kappa shape index (κ2) is 8.01. The zero-order chi connectivity index (χ0) is 18.5. The summed E-state index contributed by atoms with van der Waals surface area (Å²) in [6.07, 6.45) is 0.835. The van der Waals surface area contributed by atoms with E-state index in [9.17, 15) is 9.18 Å². The number of hydrogen-bond donors (Lipinski definition) is 1. The van der Waals surface area contributed by atoms with Gasteiger partial charge >= 0.3 is 0 Å². The Bertz CT molecular complexity index is 896. The lowest BCUT2D eigenvalue weighted by atomic mass is 10.2. The Balaban J connectivity index is 1.65. The van der Waals surface area contributed by atoms with Gasteiger partial charge in [-0.25, -0.2) is 9.07 Å². The Hall–Kier alpha value is -2.86. The number of amides is 1. The van der Waals surface area contributed by atoms with E-state index in [-0.39, 0.29) is 11.7 Å². The molecule has 0 aliphatic carbocycles. The molecule has 5 nitrogen and oxygen atoms in total. The fourth-order valence-electron chi connectivity index (χ4n) is 2.35. The third-order valence-corrected chi connectivity index (χ3v) is 4.11. The molecule has 0 saturated carbocycles. The van der Waals surface area contributed by atoms with Gasteiger partial charge in [0, 0.05) is 11.1 Å². The summed E-state index contributed by atoms with van der Waals surface area (Å²) in [4.78, 5) is 12.4. The van der Waals surface area contributed by atoms with E-state index < -0.39 is 6.10 Å². The lowest BCUT2D eigenvalue weighted by molar-refractivity contribution is -0.122. The van der Waals surface area contributed by atoms with Gasteiger partial charge in [0.15, 0.2) is 6.10 Å². The minimum absolute atomic E-state index is 0.338. The lowest BCUT2D eigenvalue weighted by Crippen LogP contribution is -2.31. The average molecular weight is 374 g/mol. The second-order valence-corrected chi connectivity index (χ2v) is 6.08. The van der Waals surface area contributed by atoms with Crippen LogP contribution in [0, 0.1) is 5.82 Å². The first-order chi connectivity index (χ1) is 12.5. The zero-order valence-corrected chi connectivity index (χ0v) is 14.8. The summed E-state index contributed by atoms with van der Waals surface area (Å²) in [5, 5.41) is 7.63. The van der Waals surface area contributed by atoms with E-state index in [0.29, 0.717) is 23.1 Å². The zero-order valence-electron chi connectivity index (χ0n) is 14.0. The number of benzene rings is 2. The number of rotatable bonds is 6.